The van der Waals surface area contributed by atoms with E-state index >= 15 is 0 Å². The first-order chi connectivity index (χ1) is 6.36. The second-order valence-corrected chi connectivity index (χ2v) is 4.54. The molecule has 14 heavy (non-hydrogen) atoms. The first kappa shape index (κ1) is 13.4. The fraction of sp³-hybridized carbons (Fsp3) is 0.800. The summed E-state index contributed by atoms with van der Waals surface area (Å²) in [5.41, 5.74) is 5.41. The second-order valence-electron chi connectivity index (χ2n) is 4.07. The molecule has 0 aliphatic carbocycles. The SMILES string of the molecule is CC(C)CCN(C)C(=O)C(C)C(N)=S. The van der Waals surface area contributed by atoms with Crippen LogP contribution in [0.1, 0.15) is 27.2 Å². The standard InChI is InChI=1S/C10H20N2OS/c1-7(2)5-6-12(4)10(13)8(3)9(11)14/h7-8H,5-6H2,1-4H3,(H2,11,14). The number of nitrogens with zero attached hydrogens (tertiary/aromatic N) is 1. The van der Waals surface area contributed by atoms with Crippen LogP contribution in [0, 0.1) is 11.8 Å². The number of hydrogen-bond donors (Lipinski definition) is 1. The van der Waals surface area contributed by atoms with Crippen molar-refractivity contribution in [2.45, 2.75) is 27.2 Å². The van der Waals surface area contributed by atoms with Crippen LogP contribution in [0.4, 0.5) is 0 Å². The Morgan fingerprint density at radius 3 is 2.29 bits per heavy atom. The predicted octanol–water partition coefficient (Wildman–Crippen LogP) is 1.41. The van der Waals surface area contributed by atoms with E-state index < -0.39 is 0 Å². The molecular formula is C10H20N2OS. The first-order valence-electron chi connectivity index (χ1n) is 4.90. The second kappa shape index (κ2) is 5.96. The molecule has 0 aromatic carbocycles. The normalized spacial score (nSPS) is 12.6. The van der Waals surface area contributed by atoms with E-state index in [9.17, 15) is 4.79 Å². The number of hydrogen-bond acceptors (Lipinski definition) is 2. The molecule has 3 nitrogen and oxygen atoms in total. The molecule has 0 spiro atoms. The minimum absolute atomic E-state index is 0.0122. The van der Waals surface area contributed by atoms with Crippen molar-refractivity contribution in [1.82, 2.24) is 4.90 Å². The highest BCUT2D eigenvalue weighted by Gasteiger charge is 2.19. The van der Waals surface area contributed by atoms with Crippen molar-refractivity contribution in [2.24, 2.45) is 17.6 Å². The molecule has 2 N–H and O–H groups in total. The molecule has 0 saturated heterocycles. The molecule has 0 rings (SSSR count). The van der Waals surface area contributed by atoms with Gasteiger partial charge in [0.05, 0.1) is 10.9 Å². The maximum Gasteiger partial charge on any atom is 0.231 e. The molecule has 0 aromatic heterocycles. The van der Waals surface area contributed by atoms with Gasteiger partial charge >= 0.3 is 0 Å². The molecule has 1 unspecified atom stereocenters. The number of rotatable bonds is 5. The van der Waals surface area contributed by atoms with E-state index in [0.717, 1.165) is 13.0 Å². The maximum absolute atomic E-state index is 11.7. The lowest BCUT2D eigenvalue weighted by molar-refractivity contribution is -0.131. The van der Waals surface area contributed by atoms with Crippen molar-refractivity contribution >= 4 is 23.1 Å². The molecule has 0 heterocycles. The largest absolute Gasteiger partial charge is 0.393 e. The Morgan fingerprint density at radius 2 is 1.93 bits per heavy atom. The van der Waals surface area contributed by atoms with Gasteiger partial charge in [-0.25, -0.2) is 0 Å². The van der Waals surface area contributed by atoms with Crippen LogP contribution in [-0.2, 0) is 4.79 Å². The van der Waals surface area contributed by atoms with Crippen LogP contribution in [0.3, 0.4) is 0 Å². The van der Waals surface area contributed by atoms with Crippen molar-refractivity contribution in [1.29, 1.82) is 0 Å². The molecule has 0 saturated carbocycles. The molecule has 1 amide bonds. The van der Waals surface area contributed by atoms with Gasteiger partial charge in [-0.3, -0.25) is 4.79 Å². The molecule has 0 aliphatic rings. The van der Waals surface area contributed by atoms with E-state index in [0.29, 0.717) is 5.92 Å². The molecular weight excluding hydrogens is 196 g/mol. The minimum Gasteiger partial charge on any atom is -0.393 e. The smallest absolute Gasteiger partial charge is 0.231 e. The van der Waals surface area contributed by atoms with Crippen molar-refractivity contribution in [3.63, 3.8) is 0 Å². The quantitative estimate of drug-likeness (QED) is 0.707. The fourth-order valence-electron chi connectivity index (χ4n) is 1.01. The Labute approximate surface area is 91.6 Å². The molecule has 0 fully saturated rings. The van der Waals surface area contributed by atoms with Crippen molar-refractivity contribution < 1.29 is 4.79 Å². The topological polar surface area (TPSA) is 46.3 Å². The summed E-state index contributed by atoms with van der Waals surface area (Å²) in [5.74, 6) is 0.269. The lowest BCUT2D eigenvalue weighted by Crippen LogP contribution is -2.38. The molecule has 82 valence electrons. The van der Waals surface area contributed by atoms with Gasteiger partial charge in [-0.05, 0) is 19.3 Å². The zero-order chi connectivity index (χ0) is 11.3. The van der Waals surface area contributed by atoms with Crippen molar-refractivity contribution in [3.05, 3.63) is 0 Å². The van der Waals surface area contributed by atoms with Crippen molar-refractivity contribution in [3.8, 4) is 0 Å². The summed E-state index contributed by atoms with van der Waals surface area (Å²) in [5, 5.41) is 0. The first-order valence-corrected chi connectivity index (χ1v) is 5.31. The lowest BCUT2D eigenvalue weighted by atomic mass is 10.1. The zero-order valence-electron chi connectivity index (χ0n) is 9.41. The lowest BCUT2D eigenvalue weighted by Gasteiger charge is -2.21. The number of amides is 1. The molecule has 0 bridgehead atoms. The van der Waals surface area contributed by atoms with Crippen LogP contribution in [0.5, 0.6) is 0 Å². The molecule has 0 radical (unpaired) electrons. The van der Waals surface area contributed by atoms with Gasteiger partial charge < -0.3 is 10.6 Å². The van der Waals surface area contributed by atoms with Gasteiger partial charge in [-0.1, -0.05) is 26.1 Å². The monoisotopic (exact) mass is 216 g/mol. The van der Waals surface area contributed by atoms with E-state index in [4.69, 9.17) is 18.0 Å². The van der Waals surface area contributed by atoms with E-state index in [1.54, 1.807) is 18.9 Å². The average Bonchev–Trinajstić information content (AvgIpc) is 2.11. The summed E-state index contributed by atoms with van der Waals surface area (Å²) in [6, 6.07) is 0. The van der Waals surface area contributed by atoms with Crippen LogP contribution >= 0.6 is 12.2 Å². The highest BCUT2D eigenvalue weighted by atomic mass is 32.1. The summed E-state index contributed by atoms with van der Waals surface area (Å²) in [6.07, 6.45) is 1.01. The Bertz CT molecular complexity index is 216. The van der Waals surface area contributed by atoms with Gasteiger partial charge in [0.25, 0.3) is 0 Å². The Morgan fingerprint density at radius 1 is 1.43 bits per heavy atom. The van der Waals surface area contributed by atoms with Gasteiger partial charge in [-0.15, -0.1) is 0 Å². The van der Waals surface area contributed by atoms with E-state index in [-0.39, 0.29) is 16.8 Å². The van der Waals surface area contributed by atoms with E-state index in [2.05, 4.69) is 13.8 Å². The number of thiocarbonyl (C=S) groups is 1. The highest BCUT2D eigenvalue weighted by Crippen LogP contribution is 2.05. The summed E-state index contributed by atoms with van der Waals surface area (Å²) < 4.78 is 0. The van der Waals surface area contributed by atoms with Crippen LogP contribution in [0.15, 0.2) is 0 Å². The average molecular weight is 216 g/mol. The summed E-state index contributed by atoms with van der Waals surface area (Å²) in [7, 11) is 1.79. The number of nitrogens with two attached hydrogens (primary N) is 1. The van der Waals surface area contributed by atoms with Gasteiger partial charge in [0.15, 0.2) is 0 Å². The summed E-state index contributed by atoms with van der Waals surface area (Å²) in [6.45, 7) is 6.78. The van der Waals surface area contributed by atoms with E-state index in [1.807, 2.05) is 0 Å². The van der Waals surface area contributed by atoms with Crippen LogP contribution in [0.2, 0.25) is 0 Å². The van der Waals surface area contributed by atoms with Gasteiger partial charge in [0, 0.05) is 13.6 Å². The van der Waals surface area contributed by atoms with Gasteiger partial charge in [-0.2, -0.15) is 0 Å². The fourth-order valence-corrected chi connectivity index (χ4v) is 1.12. The van der Waals surface area contributed by atoms with Crippen LogP contribution in [0.25, 0.3) is 0 Å². The van der Waals surface area contributed by atoms with Crippen molar-refractivity contribution in [2.75, 3.05) is 13.6 Å². The van der Waals surface area contributed by atoms with E-state index in [1.165, 1.54) is 0 Å². The maximum atomic E-state index is 11.7. The summed E-state index contributed by atoms with van der Waals surface area (Å²) in [4.78, 5) is 13.6. The van der Waals surface area contributed by atoms with Gasteiger partial charge in [0.2, 0.25) is 5.91 Å². The number of carbonyl (C=O) groups is 1. The van der Waals surface area contributed by atoms with Crippen LogP contribution < -0.4 is 5.73 Å². The predicted molar refractivity (Wildman–Crippen MR) is 63.0 cm³/mol. The minimum atomic E-state index is -0.345. The molecule has 0 aliphatic heterocycles. The zero-order valence-corrected chi connectivity index (χ0v) is 10.2. The molecule has 1 atom stereocenters. The summed E-state index contributed by atoms with van der Waals surface area (Å²) >= 11 is 4.78. The third kappa shape index (κ3) is 4.56. The van der Waals surface area contributed by atoms with Crippen LogP contribution in [-0.4, -0.2) is 29.4 Å². The third-order valence-electron chi connectivity index (χ3n) is 2.22. The highest BCUT2D eigenvalue weighted by molar-refractivity contribution is 7.80. The Hall–Kier alpha value is -0.640. The molecule has 0 aromatic rings. The number of carbonyl (C=O) groups excluding carboxylic acids is 1. The Kier molecular flexibility index (Phi) is 5.69. The Balaban J connectivity index is 4.05. The third-order valence-corrected chi connectivity index (χ3v) is 2.57. The van der Waals surface area contributed by atoms with Gasteiger partial charge in [0.1, 0.15) is 0 Å². The molecule has 4 heteroatoms.